The van der Waals surface area contributed by atoms with Crippen LogP contribution in [0.25, 0.3) is 10.8 Å². The van der Waals surface area contributed by atoms with E-state index in [1.165, 1.54) is 5.39 Å². The average Bonchev–Trinajstić information content (AvgIpc) is 2.65. The minimum Gasteiger partial charge on any atom is -0.481 e. The molecule has 0 aromatic heterocycles. The highest BCUT2D eigenvalue weighted by atomic mass is 16.5. The van der Waals surface area contributed by atoms with Crippen LogP contribution in [0, 0.1) is 5.41 Å². The number of nitrogens with one attached hydrogen (secondary N) is 1. The van der Waals surface area contributed by atoms with E-state index in [-0.39, 0.29) is 12.5 Å². The fourth-order valence-electron chi connectivity index (χ4n) is 3.24. The van der Waals surface area contributed by atoms with Gasteiger partial charge in [-0.15, -0.1) is 0 Å². The summed E-state index contributed by atoms with van der Waals surface area (Å²) < 4.78 is 5.25. The Labute approximate surface area is 147 Å². The molecular weight excluding hydrogens is 318 g/mol. The highest BCUT2D eigenvalue weighted by Crippen LogP contribution is 2.30. The van der Waals surface area contributed by atoms with Gasteiger partial charge in [0.1, 0.15) is 0 Å². The molecule has 25 heavy (non-hydrogen) atoms. The van der Waals surface area contributed by atoms with Crippen LogP contribution in [0.1, 0.15) is 24.8 Å². The number of carbonyl (C=O) groups is 2. The van der Waals surface area contributed by atoms with Crippen LogP contribution >= 0.6 is 0 Å². The molecule has 2 aromatic rings. The van der Waals surface area contributed by atoms with Crippen molar-refractivity contribution in [3.8, 4) is 0 Å². The number of ether oxygens (including phenoxy) is 1. The smallest absolute Gasteiger partial charge is 0.311 e. The summed E-state index contributed by atoms with van der Waals surface area (Å²) in [6, 6.07) is 14.3. The second-order valence-electron chi connectivity index (χ2n) is 6.66. The third-order valence-electron chi connectivity index (χ3n) is 4.98. The number of aryl methyl sites for hydroxylation is 1. The van der Waals surface area contributed by atoms with Crippen molar-refractivity contribution in [3.05, 3.63) is 48.0 Å². The number of carbonyl (C=O) groups excluding carboxylic acids is 1. The van der Waals surface area contributed by atoms with Gasteiger partial charge in [-0.25, -0.2) is 0 Å². The summed E-state index contributed by atoms with van der Waals surface area (Å²) in [6.45, 7) is 1.03. The van der Waals surface area contributed by atoms with Crippen molar-refractivity contribution < 1.29 is 19.4 Å². The van der Waals surface area contributed by atoms with Crippen molar-refractivity contribution in [2.75, 3.05) is 19.8 Å². The van der Waals surface area contributed by atoms with Gasteiger partial charge in [0, 0.05) is 26.2 Å². The molecule has 132 valence electrons. The Hall–Kier alpha value is -2.40. The lowest BCUT2D eigenvalue weighted by Gasteiger charge is -2.33. The van der Waals surface area contributed by atoms with E-state index in [0.717, 1.165) is 10.9 Å². The molecule has 2 N–H and O–H groups in total. The lowest BCUT2D eigenvalue weighted by atomic mass is 9.80. The summed E-state index contributed by atoms with van der Waals surface area (Å²) in [5, 5.41) is 14.6. The number of carboxylic acids is 1. The van der Waals surface area contributed by atoms with Gasteiger partial charge in [-0.2, -0.15) is 0 Å². The van der Waals surface area contributed by atoms with E-state index in [1.807, 2.05) is 18.2 Å². The SMILES string of the molecule is O=C(CCc1ccc2ccccc2c1)NCC1(C(=O)O)CCOCC1. The predicted molar refractivity (Wildman–Crippen MR) is 95.4 cm³/mol. The summed E-state index contributed by atoms with van der Waals surface area (Å²) in [7, 11) is 0. The van der Waals surface area contributed by atoms with Crippen LogP contribution < -0.4 is 5.32 Å². The molecule has 0 saturated carbocycles. The lowest BCUT2D eigenvalue weighted by molar-refractivity contribution is -0.154. The third-order valence-corrected chi connectivity index (χ3v) is 4.98. The van der Waals surface area contributed by atoms with Gasteiger partial charge in [-0.05, 0) is 35.6 Å². The van der Waals surface area contributed by atoms with Gasteiger partial charge in [0.05, 0.1) is 5.41 Å². The number of hydrogen-bond donors (Lipinski definition) is 2. The molecule has 1 fully saturated rings. The van der Waals surface area contributed by atoms with Gasteiger partial charge in [0.2, 0.25) is 5.91 Å². The number of hydrogen-bond acceptors (Lipinski definition) is 3. The minimum atomic E-state index is -0.892. The molecule has 3 rings (SSSR count). The lowest BCUT2D eigenvalue weighted by Crippen LogP contribution is -2.46. The zero-order valence-electron chi connectivity index (χ0n) is 14.2. The maximum Gasteiger partial charge on any atom is 0.311 e. The number of amides is 1. The quantitative estimate of drug-likeness (QED) is 0.847. The van der Waals surface area contributed by atoms with Crippen molar-refractivity contribution in [1.29, 1.82) is 0 Å². The van der Waals surface area contributed by atoms with Gasteiger partial charge in [0.25, 0.3) is 0 Å². The summed E-state index contributed by atoms with van der Waals surface area (Å²) >= 11 is 0. The van der Waals surface area contributed by atoms with E-state index in [0.29, 0.717) is 38.9 Å². The zero-order valence-corrected chi connectivity index (χ0v) is 14.2. The minimum absolute atomic E-state index is 0.111. The van der Waals surface area contributed by atoms with Crippen molar-refractivity contribution in [2.45, 2.75) is 25.7 Å². The highest BCUT2D eigenvalue weighted by Gasteiger charge is 2.40. The molecule has 0 radical (unpaired) electrons. The Bertz CT molecular complexity index is 765. The molecule has 5 heteroatoms. The molecule has 1 saturated heterocycles. The second-order valence-corrected chi connectivity index (χ2v) is 6.66. The Balaban J connectivity index is 1.54. The first-order valence-corrected chi connectivity index (χ1v) is 8.65. The van der Waals surface area contributed by atoms with Crippen LogP contribution in [-0.2, 0) is 20.7 Å². The standard InChI is InChI=1S/C20H23NO4/c22-18(21-14-20(19(23)24)9-11-25-12-10-20)8-6-15-5-7-16-3-1-2-4-17(16)13-15/h1-5,7,13H,6,8-12,14H2,(H,21,22)(H,23,24). The van der Waals surface area contributed by atoms with Crippen LogP contribution in [0.3, 0.4) is 0 Å². The Kier molecular flexibility index (Phi) is 5.34. The number of benzene rings is 2. The molecule has 1 amide bonds. The van der Waals surface area contributed by atoms with Crippen molar-refractivity contribution in [2.24, 2.45) is 5.41 Å². The summed E-state index contributed by atoms with van der Waals surface area (Å²) in [5.41, 5.74) is 0.212. The molecule has 1 aliphatic rings. The third kappa shape index (κ3) is 4.17. The predicted octanol–water partition coefficient (Wildman–Crippen LogP) is 2.77. The largest absolute Gasteiger partial charge is 0.481 e. The van der Waals surface area contributed by atoms with Crippen LogP contribution in [0.4, 0.5) is 0 Å². The summed E-state index contributed by atoms with van der Waals surface area (Å²) in [6.07, 6.45) is 1.87. The fourth-order valence-corrected chi connectivity index (χ4v) is 3.24. The molecule has 0 bridgehead atoms. The van der Waals surface area contributed by atoms with E-state index in [1.54, 1.807) is 0 Å². The van der Waals surface area contributed by atoms with Gasteiger partial charge >= 0.3 is 5.97 Å². The Morgan fingerprint density at radius 2 is 1.80 bits per heavy atom. The monoisotopic (exact) mass is 341 g/mol. The fraction of sp³-hybridized carbons (Fsp3) is 0.400. The van der Waals surface area contributed by atoms with E-state index in [4.69, 9.17) is 4.74 Å². The average molecular weight is 341 g/mol. The molecule has 1 aliphatic heterocycles. The molecule has 2 aromatic carbocycles. The maximum absolute atomic E-state index is 12.2. The molecular formula is C20H23NO4. The van der Waals surface area contributed by atoms with E-state index in [9.17, 15) is 14.7 Å². The maximum atomic E-state index is 12.2. The second kappa shape index (κ2) is 7.66. The van der Waals surface area contributed by atoms with Crippen molar-refractivity contribution >= 4 is 22.6 Å². The normalized spacial score (nSPS) is 16.5. The molecule has 5 nitrogen and oxygen atoms in total. The van der Waals surface area contributed by atoms with E-state index >= 15 is 0 Å². The van der Waals surface area contributed by atoms with Gasteiger partial charge < -0.3 is 15.2 Å². The van der Waals surface area contributed by atoms with Crippen LogP contribution in [0.5, 0.6) is 0 Å². The Morgan fingerprint density at radius 1 is 1.08 bits per heavy atom. The first kappa shape index (κ1) is 17.4. The summed E-state index contributed by atoms with van der Waals surface area (Å²) in [4.78, 5) is 23.7. The van der Waals surface area contributed by atoms with E-state index < -0.39 is 11.4 Å². The molecule has 1 heterocycles. The van der Waals surface area contributed by atoms with Crippen LogP contribution in [-0.4, -0.2) is 36.7 Å². The van der Waals surface area contributed by atoms with Crippen LogP contribution in [0.15, 0.2) is 42.5 Å². The topological polar surface area (TPSA) is 75.6 Å². The molecule has 0 atom stereocenters. The van der Waals surface area contributed by atoms with E-state index in [2.05, 4.69) is 29.6 Å². The first-order valence-electron chi connectivity index (χ1n) is 8.65. The van der Waals surface area contributed by atoms with Gasteiger partial charge in [-0.3, -0.25) is 9.59 Å². The van der Waals surface area contributed by atoms with Crippen molar-refractivity contribution in [1.82, 2.24) is 5.32 Å². The number of rotatable bonds is 6. The molecule has 0 spiro atoms. The van der Waals surface area contributed by atoms with Crippen LogP contribution in [0.2, 0.25) is 0 Å². The zero-order chi connectivity index (χ0) is 17.7. The first-order chi connectivity index (χ1) is 12.1. The Morgan fingerprint density at radius 3 is 2.52 bits per heavy atom. The number of aliphatic carboxylic acids is 1. The number of fused-ring (bicyclic) bond motifs is 1. The highest BCUT2D eigenvalue weighted by molar-refractivity contribution is 5.83. The van der Waals surface area contributed by atoms with Crippen molar-refractivity contribution in [3.63, 3.8) is 0 Å². The molecule has 0 unspecified atom stereocenters. The molecule has 0 aliphatic carbocycles. The number of carboxylic acid groups (broad SMARTS) is 1. The van der Waals surface area contributed by atoms with Gasteiger partial charge in [-0.1, -0.05) is 42.5 Å². The summed E-state index contributed by atoms with van der Waals surface area (Å²) in [5.74, 6) is -0.967. The van der Waals surface area contributed by atoms with Gasteiger partial charge in [0.15, 0.2) is 0 Å².